The summed E-state index contributed by atoms with van der Waals surface area (Å²) in [5, 5.41) is 4.33. The smallest absolute Gasteiger partial charge is 0.321 e. The number of rotatable bonds is 2. The number of hydrogen-bond acceptors (Lipinski definition) is 3. The van der Waals surface area contributed by atoms with Crippen LogP contribution in [0.15, 0.2) is 42.5 Å². The van der Waals surface area contributed by atoms with Crippen LogP contribution in [0.3, 0.4) is 0 Å². The minimum atomic E-state index is -0.291. The van der Waals surface area contributed by atoms with Gasteiger partial charge >= 0.3 is 6.03 Å². The largest absolute Gasteiger partial charge is 0.324 e. The molecule has 2 heterocycles. The van der Waals surface area contributed by atoms with Gasteiger partial charge in [-0.2, -0.15) is 0 Å². The van der Waals surface area contributed by atoms with E-state index in [0.717, 1.165) is 18.6 Å². The summed E-state index contributed by atoms with van der Waals surface area (Å²) < 4.78 is 0. The summed E-state index contributed by atoms with van der Waals surface area (Å²) in [5.74, 6) is 0.835. The van der Waals surface area contributed by atoms with Crippen molar-refractivity contribution in [2.75, 3.05) is 30.7 Å². The Labute approximate surface area is 194 Å². The zero-order valence-corrected chi connectivity index (χ0v) is 19.1. The molecule has 1 N–H and O–H groups in total. The summed E-state index contributed by atoms with van der Waals surface area (Å²) in [5.41, 5.74) is 1.24. The summed E-state index contributed by atoms with van der Waals surface area (Å²) in [6.07, 6.45) is 1.44. The van der Waals surface area contributed by atoms with Crippen LogP contribution in [0.1, 0.15) is 23.2 Å². The molecule has 9 heteroatoms. The first-order chi connectivity index (χ1) is 14.4. The van der Waals surface area contributed by atoms with Gasteiger partial charge in [-0.15, -0.1) is 11.8 Å². The number of thioether (sulfide) groups is 1. The fourth-order valence-electron chi connectivity index (χ4n) is 3.89. The number of urea groups is 1. The van der Waals surface area contributed by atoms with E-state index >= 15 is 0 Å². The van der Waals surface area contributed by atoms with Crippen LogP contribution in [0.5, 0.6) is 0 Å². The van der Waals surface area contributed by atoms with Gasteiger partial charge in [0, 0.05) is 41.7 Å². The molecule has 0 atom stereocenters. The number of carbonyl (C=O) groups excluding carboxylic acids is 2. The van der Waals surface area contributed by atoms with E-state index in [0.29, 0.717) is 46.0 Å². The Morgan fingerprint density at radius 1 is 0.933 bits per heavy atom. The van der Waals surface area contributed by atoms with Gasteiger partial charge in [-0.05, 0) is 55.3 Å². The van der Waals surface area contributed by atoms with Crippen molar-refractivity contribution in [3.8, 4) is 0 Å². The maximum absolute atomic E-state index is 13.2. The van der Waals surface area contributed by atoms with E-state index in [1.54, 1.807) is 59.1 Å². The van der Waals surface area contributed by atoms with E-state index in [2.05, 4.69) is 5.32 Å². The van der Waals surface area contributed by atoms with Gasteiger partial charge in [-0.25, -0.2) is 4.79 Å². The second-order valence-electron chi connectivity index (χ2n) is 7.30. The predicted octanol–water partition coefficient (Wildman–Crippen LogP) is 5.86. The Hall–Kier alpha value is -1.60. The van der Waals surface area contributed by atoms with Crippen molar-refractivity contribution >= 4 is 64.2 Å². The molecule has 1 spiro atoms. The Balaban J connectivity index is 1.42. The Bertz CT molecular complexity index is 962. The van der Waals surface area contributed by atoms with E-state index in [-0.39, 0.29) is 16.8 Å². The van der Waals surface area contributed by atoms with E-state index in [9.17, 15) is 9.59 Å². The van der Waals surface area contributed by atoms with Crippen molar-refractivity contribution < 1.29 is 9.59 Å². The van der Waals surface area contributed by atoms with E-state index in [1.165, 1.54) is 0 Å². The molecule has 0 saturated carbocycles. The van der Waals surface area contributed by atoms with Gasteiger partial charge < -0.3 is 15.1 Å². The number of amides is 3. The first-order valence-corrected chi connectivity index (χ1v) is 11.7. The van der Waals surface area contributed by atoms with Gasteiger partial charge in [0.1, 0.15) is 0 Å². The number of hydrogen-bond donors (Lipinski definition) is 1. The lowest BCUT2D eigenvalue weighted by Crippen LogP contribution is -2.54. The molecule has 5 nitrogen and oxygen atoms in total. The van der Waals surface area contributed by atoms with Crippen molar-refractivity contribution in [3.05, 3.63) is 63.1 Å². The summed E-state index contributed by atoms with van der Waals surface area (Å²) in [4.78, 5) is 29.2. The molecule has 4 rings (SSSR count). The van der Waals surface area contributed by atoms with Gasteiger partial charge in [-0.3, -0.25) is 4.79 Å². The lowest BCUT2D eigenvalue weighted by atomic mass is 10.0. The van der Waals surface area contributed by atoms with Crippen LogP contribution in [-0.2, 0) is 0 Å². The van der Waals surface area contributed by atoms with Crippen LogP contribution < -0.4 is 5.32 Å². The predicted molar refractivity (Wildman–Crippen MR) is 124 cm³/mol. The summed E-state index contributed by atoms with van der Waals surface area (Å²) in [6.45, 7) is 1.84. The number of piperidine rings is 1. The number of benzene rings is 2. The summed E-state index contributed by atoms with van der Waals surface area (Å²) in [7, 11) is 0. The van der Waals surface area contributed by atoms with Crippen LogP contribution >= 0.6 is 46.6 Å². The first-order valence-electron chi connectivity index (χ1n) is 9.60. The molecule has 2 aromatic rings. The number of likely N-dealkylation sites (tertiary alicyclic amines) is 1. The van der Waals surface area contributed by atoms with E-state index < -0.39 is 0 Å². The molecule has 2 saturated heterocycles. The second kappa shape index (κ2) is 8.87. The molecule has 158 valence electrons. The Morgan fingerprint density at radius 3 is 2.30 bits per heavy atom. The Morgan fingerprint density at radius 2 is 1.63 bits per heavy atom. The third-order valence-electron chi connectivity index (χ3n) is 5.52. The molecule has 2 aromatic carbocycles. The maximum Gasteiger partial charge on any atom is 0.321 e. The van der Waals surface area contributed by atoms with E-state index in [1.807, 2.05) is 4.90 Å². The van der Waals surface area contributed by atoms with E-state index in [4.69, 9.17) is 34.8 Å². The molecule has 2 aliphatic heterocycles. The van der Waals surface area contributed by atoms with Gasteiger partial charge in [0.15, 0.2) is 0 Å². The molecule has 2 fully saturated rings. The van der Waals surface area contributed by atoms with Gasteiger partial charge in [-0.1, -0.05) is 34.8 Å². The average Bonchev–Trinajstić information content (AvgIpc) is 3.14. The third kappa shape index (κ3) is 4.37. The fraction of sp³-hybridized carbons (Fsp3) is 0.333. The lowest BCUT2D eigenvalue weighted by molar-refractivity contribution is 0.0585. The van der Waals surface area contributed by atoms with Crippen molar-refractivity contribution in [1.29, 1.82) is 0 Å². The monoisotopic (exact) mass is 483 g/mol. The number of halogens is 3. The average molecular weight is 485 g/mol. The van der Waals surface area contributed by atoms with Crippen molar-refractivity contribution in [3.63, 3.8) is 0 Å². The molecule has 0 aromatic heterocycles. The molecular weight excluding hydrogens is 465 g/mol. The molecule has 0 bridgehead atoms. The number of carbonyl (C=O) groups is 2. The minimum Gasteiger partial charge on any atom is -0.324 e. The molecule has 2 aliphatic rings. The topological polar surface area (TPSA) is 52.7 Å². The summed E-state index contributed by atoms with van der Waals surface area (Å²) in [6, 6.07) is 11.9. The first kappa shape index (κ1) is 21.6. The third-order valence-corrected chi connectivity index (χ3v) is 8.06. The lowest BCUT2D eigenvalue weighted by Gasteiger charge is -2.44. The van der Waals surface area contributed by atoms with Crippen LogP contribution in [0, 0.1) is 0 Å². The summed E-state index contributed by atoms with van der Waals surface area (Å²) >= 11 is 19.8. The zero-order chi connectivity index (χ0) is 21.3. The molecule has 0 unspecified atom stereocenters. The molecule has 30 heavy (non-hydrogen) atoms. The van der Waals surface area contributed by atoms with Crippen molar-refractivity contribution in [1.82, 2.24) is 9.80 Å². The van der Waals surface area contributed by atoms with Gasteiger partial charge in [0.25, 0.3) is 5.91 Å². The number of nitrogens with zero attached hydrogens (tertiary/aromatic N) is 2. The highest BCUT2D eigenvalue weighted by Crippen LogP contribution is 2.44. The highest BCUT2D eigenvalue weighted by molar-refractivity contribution is 8.00. The van der Waals surface area contributed by atoms with Gasteiger partial charge in [0.2, 0.25) is 0 Å². The molecule has 0 aliphatic carbocycles. The van der Waals surface area contributed by atoms with Crippen molar-refractivity contribution in [2.45, 2.75) is 17.7 Å². The number of nitrogens with one attached hydrogen (secondary N) is 1. The Kier molecular flexibility index (Phi) is 6.39. The standard InChI is InChI=1S/C21H20Cl3N3O2S/c22-15-2-4-16(5-3-15)25-20(29)26-9-7-21(8-10-26)27(11-12-30-21)19(28)14-1-6-17(23)18(24)13-14/h1-6,13H,7-12H2,(H,25,29). The van der Waals surface area contributed by atoms with Crippen LogP contribution in [0.4, 0.5) is 10.5 Å². The highest BCUT2D eigenvalue weighted by Gasteiger charge is 2.47. The highest BCUT2D eigenvalue weighted by atomic mass is 35.5. The molecule has 0 radical (unpaired) electrons. The second-order valence-corrected chi connectivity index (χ2v) is 10.0. The van der Waals surface area contributed by atoms with Crippen molar-refractivity contribution in [2.24, 2.45) is 0 Å². The normalized spacial score (nSPS) is 18.0. The number of anilines is 1. The maximum atomic E-state index is 13.2. The quantitative estimate of drug-likeness (QED) is 0.581. The minimum absolute atomic E-state index is 0.0439. The van der Waals surface area contributed by atoms with Gasteiger partial charge in [0.05, 0.1) is 14.9 Å². The SMILES string of the molecule is O=C(Nc1ccc(Cl)cc1)N1CCC2(CC1)SCCN2C(=O)c1ccc(Cl)c(Cl)c1. The van der Waals surface area contributed by atoms with Crippen LogP contribution in [0.25, 0.3) is 0 Å². The van der Waals surface area contributed by atoms with Crippen LogP contribution in [-0.4, -0.2) is 52.0 Å². The zero-order valence-electron chi connectivity index (χ0n) is 16.0. The molecule has 3 amide bonds. The fourth-order valence-corrected chi connectivity index (χ4v) is 5.77. The van der Waals surface area contributed by atoms with Crippen LogP contribution in [0.2, 0.25) is 15.1 Å². The molecular formula is C21H20Cl3N3O2S.